The highest BCUT2D eigenvalue weighted by molar-refractivity contribution is 9.09. The van der Waals surface area contributed by atoms with Crippen LogP contribution >= 0.6 is 15.9 Å². The Balaban J connectivity index is 2.58. The van der Waals surface area contributed by atoms with E-state index < -0.39 is 10.2 Å². The Hall–Kier alpha value is 0.350. The van der Waals surface area contributed by atoms with Crippen molar-refractivity contribution in [3.63, 3.8) is 0 Å². The number of alkyl halides is 1. The maximum Gasteiger partial charge on any atom is 0.279 e. The molecule has 0 aromatic heterocycles. The fourth-order valence-electron chi connectivity index (χ4n) is 1.52. The number of halogens is 1. The predicted molar refractivity (Wildman–Crippen MR) is 60.7 cm³/mol. The SMILES string of the molecule is CN(C)S(=O)(=O)NC1CCCCC1Br. The summed E-state index contributed by atoms with van der Waals surface area (Å²) in [5, 5.41) is 0. The number of nitrogens with zero attached hydrogens (tertiary/aromatic N) is 1. The highest BCUT2D eigenvalue weighted by atomic mass is 79.9. The smallest absolute Gasteiger partial charge is 0.198 e. The van der Waals surface area contributed by atoms with Crippen LogP contribution in [0.1, 0.15) is 25.7 Å². The van der Waals surface area contributed by atoms with E-state index in [1.54, 1.807) is 0 Å². The van der Waals surface area contributed by atoms with Gasteiger partial charge in [-0.25, -0.2) is 0 Å². The Morgan fingerprint density at radius 3 is 2.36 bits per heavy atom. The van der Waals surface area contributed by atoms with Crippen LogP contribution in [0.25, 0.3) is 0 Å². The van der Waals surface area contributed by atoms with E-state index in [1.807, 2.05) is 0 Å². The van der Waals surface area contributed by atoms with Gasteiger partial charge in [0, 0.05) is 25.0 Å². The average Bonchev–Trinajstić information content (AvgIpc) is 2.08. The molecule has 0 heterocycles. The van der Waals surface area contributed by atoms with Gasteiger partial charge in [0.2, 0.25) is 0 Å². The van der Waals surface area contributed by atoms with Gasteiger partial charge in [-0.05, 0) is 12.8 Å². The summed E-state index contributed by atoms with van der Waals surface area (Å²) in [7, 11) is -0.205. The molecule has 0 amide bonds. The molecule has 0 aromatic carbocycles. The molecule has 84 valence electrons. The lowest BCUT2D eigenvalue weighted by molar-refractivity contribution is 0.413. The van der Waals surface area contributed by atoms with Gasteiger partial charge in [-0.15, -0.1) is 0 Å². The zero-order chi connectivity index (χ0) is 10.8. The first-order chi connectivity index (χ1) is 6.43. The van der Waals surface area contributed by atoms with Crippen LogP contribution in [-0.2, 0) is 10.2 Å². The largest absolute Gasteiger partial charge is 0.279 e. The normalized spacial score (nSPS) is 29.4. The number of nitrogens with one attached hydrogen (secondary N) is 1. The van der Waals surface area contributed by atoms with Crippen molar-refractivity contribution in [2.24, 2.45) is 0 Å². The maximum atomic E-state index is 11.5. The van der Waals surface area contributed by atoms with Crippen LogP contribution in [0, 0.1) is 0 Å². The molecule has 1 aliphatic rings. The van der Waals surface area contributed by atoms with Crippen LogP contribution in [0.5, 0.6) is 0 Å². The predicted octanol–water partition coefficient (Wildman–Crippen LogP) is 1.09. The second-order valence-electron chi connectivity index (χ2n) is 3.81. The topological polar surface area (TPSA) is 49.4 Å². The highest BCUT2D eigenvalue weighted by Crippen LogP contribution is 2.25. The summed E-state index contributed by atoms with van der Waals surface area (Å²) in [6.07, 6.45) is 4.24. The monoisotopic (exact) mass is 284 g/mol. The van der Waals surface area contributed by atoms with Gasteiger partial charge in [0.1, 0.15) is 0 Å². The third kappa shape index (κ3) is 3.18. The minimum Gasteiger partial charge on any atom is -0.198 e. The third-order valence-electron chi connectivity index (χ3n) is 2.46. The van der Waals surface area contributed by atoms with Gasteiger partial charge < -0.3 is 0 Å². The third-order valence-corrected chi connectivity index (χ3v) is 5.12. The Kier molecular flexibility index (Phi) is 4.36. The van der Waals surface area contributed by atoms with E-state index in [0.29, 0.717) is 0 Å². The van der Waals surface area contributed by atoms with Gasteiger partial charge in [0.25, 0.3) is 10.2 Å². The summed E-state index contributed by atoms with van der Waals surface area (Å²) in [5.74, 6) is 0. The average molecular weight is 285 g/mol. The van der Waals surface area contributed by atoms with E-state index in [2.05, 4.69) is 20.7 Å². The summed E-state index contributed by atoms with van der Waals surface area (Å²) < 4.78 is 27.0. The molecule has 0 aliphatic heterocycles. The Bertz CT molecular complexity index is 279. The van der Waals surface area contributed by atoms with Crippen molar-refractivity contribution in [3.05, 3.63) is 0 Å². The molecule has 1 aliphatic carbocycles. The van der Waals surface area contributed by atoms with Gasteiger partial charge in [-0.3, -0.25) is 0 Å². The Morgan fingerprint density at radius 2 is 1.86 bits per heavy atom. The molecule has 0 radical (unpaired) electrons. The van der Waals surface area contributed by atoms with Crippen molar-refractivity contribution in [1.29, 1.82) is 0 Å². The van der Waals surface area contributed by atoms with Crippen LogP contribution < -0.4 is 4.72 Å². The Labute approximate surface area is 94.4 Å². The summed E-state index contributed by atoms with van der Waals surface area (Å²) in [6, 6.07) is 0.0381. The molecule has 0 aromatic rings. The zero-order valence-electron chi connectivity index (χ0n) is 8.53. The fourth-order valence-corrected chi connectivity index (χ4v) is 3.29. The zero-order valence-corrected chi connectivity index (χ0v) is 10.9. The van der Waals surface area contributed by atoms with E-state index in [0.717, 1.165) is 19.3 Å². The van der Waals surface area contributed by atoms with Crippen molar-refractivity contribution in [2.45, 2.75) is 36.6 Å². The van der Waals surface area contributed by atoms with Crippen LogP contribution in [0.2, 0.25) is 0 Å². The van der Waals surface area contributed by atoms with Gasteiger partial charge >= 0.3 is 0 Å². The summed E-state index contributed by atoms with van der Waals surface area (Å²) in [5.41, 5.74) is 0. The molecule has 0 spiro atoms. The molecule has 1 fully saturated rings. The highest BCUT2D eigenvalue weighted by Gasteiger charge is 2.27. The second-order valence-corrected chi connectivity index (χ2v) is 6.90. The first-order valence-electron chi connectivity index (χ1n) is 4.77. The lowest BCUT2D eigenvalue weighted by Crippen LogP contribution is -2.47. The van der Waals surface area contributed by atoms with Crippen molar-refractivity contribution in [3.8, 4) is 0 Å². The lowest BCUT2D eigenvalue weighted by Gasteiger charge is -2.28. The van der Waals surface area contributed by atoms with Gasteiger partial charge in [0.15, 0.2) is 0 Å². The Morgan fingerprint density at radius 1 is 1.29 bits per heavy atom. The van der Waals surface area contributed by atoms with Crippen LogP contribution in [0.15, 0.2) is 0 Å². The lowest BCUT2D eigenvalue weighted by atomic mass is 9.96. The molecule has 0 bridgehead atoms. The molecule has 0 saturated heterocycles. The van der Waals surface area contributed by atoms with Crippen molar-refractivity contribution in [1.82, 2.24) is 9.03 Å². The molecular formula is C8H17BrN2O2S. The van der Waals surface area contributed by atoms with Gasteiger partial charge in [-0.1, -0.05) is 28.8 Å². The maximum absolute atomic E-state index is 11.5. The van der Waals surface area contributed by atoms with Gasteiger partial charge in [-0.2, -0.15) is 17.4 Å². The standard InChI is InChI=1S/C8H17BrN2O2S/c1-11(2)14(12,13)10-8-6-4-3-5-7(8)9/h7-8,10H,3-6H2,1-2H3. The van der Waals surface area contributed by atoms with E-state index >= 15 is 0 Å². The molecule has 1 rings (SSSR count). The molecule has 6 heteroatoms. The summed E-state index contributed by atoms with van der Waals surface area (Å²) >= 11 is 3.51. The van der Waals surface area contributed by atoms with E-state index in [-0.39, 0.29) is 10.9 Å². The molecule has 2 unspecified atom stereocenters. The summed E-state index contributed by atoms with van der Waals surface area (Å²) in [4.78, 5) is 0.269. The molecule has 2 atom stereocenters. The number of hydrogen-bond acceptors (Lipinski definition) is 2. The quantitative estimate of drug-likeness (QED) is 0.789. The summed E-state index contributed by atoms with van der Waals surface area (Å²) in [6.45, 7) is 0. The molecular weight excluding hydrogens is 268 g/mol. The minimum atomic E-state index is -3.28. The van der Waals surface area contributed by atoms with E-state index in [1.165, 1.54) is 24.8 Å². The van der Waals surface area contributed by atoms with E-state index in [9.17, 15) is 8.42 Å². The van der Waals surface area contributed by atoms with Crippen LogP contribution in [0.3, 0.4) is 0 Å². The molecule has 4 nitrogen and oxygen atoms in total. The van der Waals surface area contributed by atoms with Crippen LogP contribution in [0.4, 0.5) is 0 Å². The number of rotatable bonds is 3. The molecule has 1 N–H and O–H groups in total. The minimum absolute atomic E-state index is 0.0381. The molecule has 14 heavy (non-hydrogen) atoms. The van der Waals surface area contributed by atoms with Crippen LogP contribution in [-0.4, -0.2) is 37.7 Å². The van der Waals surface area contributed by atoms with Gasteiger partial charge in [0.05, 0.1) is 0 Å². The first-order valence-corrected chi connectivity index (χ1v) is 7.13. The fraction of sp³-hybridized carbons (Fsp3) is 1.00. The first kappa shape index (κ1) is 12.4. The number of hydrogen-bond donors (Lipinski definition) is 1. The van der Waals surface area contributed by atoms with Crippen molar-refractivity contribution >= 4 is 26.1 Å². The van der Waals surface area contributed by atoms with E-state index in [4.69, 9.17) is 0 Å². The van der Waals surface area contributed by atoms with Crippen molar-refractivity contribution < 1.29 is 8.42 Å². The van der Waals surface area contributed by atoms with Crippen molar-refractivity contribution in [2.75, 3.05) is 14.1 Å². The second kappa shape index (κ2) is 4.92. The molecule has 1 saturated carbocycles.